The summed E-state index contributed by atoms with van der Waals surface area (Å²) in [6.45, 7) is 0.464. The van der Waals surface area contributed by atoms with E-state index in [1.54, 1.807) is 25.6 Å². The highest BCUT2D eigenvalue weighted by atomic mass is 16.5. The normalized spacial score (nSPS) is 10.9. The minimum absolute atomic E-state index is 0.228. The highest BCUT2D eigenvalue weighted by Crippen LogP contribution is 2.39. The van der Waals surface area contributed by atoms with E-state index in [1.165, 1.54) is 0 Å². The van der Waals surface area contributed by atoms with Gasteiger partial charge in [0.1, 0.15) is 11.4 Å². The Morgan fingerprint density at radius 2 is 1.81 bits per heavy atom. The van der Waals surface area contributed by atoms with E-state index in [2.05, 4.69) is 4.98 Å². The second-order valence-electron chi connectivity index (χ2n) is 6.19. The van der Waals surface area contributed by atoms with Gasteiger partial charge in [-0.05, 0) is 17.7 Å². The number of carboxylic acids is 1. The maximum absolute atomic E-state index is 12.3. The number of fused-ring (bicyclic) bond motifs is 1. The summed E-state index contributed by atoms with van der Waals surface area (Å²) in [6, 6.07) is 19.3. The van der Waals surface area contributed by atoms with Gasteiger partial charge in [-0.1, -0.05) is 48.5 Å². The lowest BCUT2D eigenvalue weighted by molar-refractivity contribution is 0.0687. The molecular weight excluding hydrogens is 340 g/mol. The average molecular weight is 358 g/mol. The number of pyridine rings is 1. The van der Waals surface area contributed by atoms with Gasteiger partial charge < -0.3 is 14.4 Å². The minimum Gasteiger partial charge on any atom is -0.496 e. The zero-order valence-corrected chi connectivity index (χ0v) is 14.8. The smallest absolute Gasteiger partial charge is 0.353 e. The van der Waals surface area contributed by atoms with Crippen LogP contribution in [0.5, 0.6) is 5.75 Å². The summed E-state index contributed by atoms with van der Waals surface area (Å²) in [6.07, 6.45) is 3.28. The van der Waals surface area contributed by atoms with E-state index in [9.17, 15) is 9.90 Å². The van der Waals surface area contributed by atoms with Crippen LogP contribution in [0, 0.1) is 0 Å². The van der Waals surface area contributed by atoms with E-state index in [1.807, 2.05) is 59.2 Å². The summed E-state index contributed by atoms with van der Waals surface area (Å²) in [7, 11) is 1.57. The molecule has 4 aromatic rings. The lowest BCUT2D eigenvalue weighted by Gasteiger charge is -2.11. The summed E-state index contributed by atoms with van der Waals surface area (Å²) in [5.74, 6) is -0.391. The molecule has 2 heterocycles. The molecule has 0 bridgehead atoms. The molecule has 0 saturated heterocycles. The summed E-state index contributed by atoms with van der Waals surface area (Å²) in [5.41, 5.74) is 3.41. The molecule has 1 N–H and O–H groups in total. The minimum atomic E-state index is -0.983. The Bertz CT molecular complexity index is 1120. The quantitative estimate of drug-likeness (QED) is 0.572. The molecule has 0 amide bonds. The Hall–Kier alpha value is -3.60. The molecule has 0 unspecified atom stereocenters. The lowest BCUT2D eigenvalue weighted by atomic mass is 10.0. The number of nitrogens with zero attached hydrogens (tertiary/aromatic N) is 2. The monoisotopic (exact) mass is 358 g/mol. The van der Waals surface area contributed by atoms with Crippen molar-refractivity contribution >= 4 is 16.9 Å². The Kier molecular flexibility index (Phi) is 4.34. The molecule has 5 nitrogen and oxygen atoms in total. The van der Waals surface area contributed by atoms with Crippen LogP contribution in [0.15, 0.2) is 73.1 Å². The SMILES string of the molecule is COc1ccncc1-c1c(C(=O)O)n(Cc2ccccc2)c2ccccc12. The van der Waals surface area contributed by atoms with Crippen LogP contribution in [0.1, 0.15) is 16.1 Å². The third kappa shape index (κ3) is 2.93. The van der Waals surface area contributed by atoms with Crippen LogP contribution in [0.25, 0.3) is 22.0 Å². The molecule has 0 aliphatic heterocycles. The van der Waals surface area contributed by atoms with Crippen molar-refractivity contribution in [2.45, 2.75) is 6.54 Å². The number of rotatable bonds is 5. The van der Waals surface area contributed by atoms with E-state index in [0.717, 1.165) is 16.5 Å². The van der Waals surface area contributed by atoms with E-state index < -0.39 is 5.97 Å². The number of hydrogen-bond acceptors (Lipinski definition) is 3. The number of carboxylic acid groups (broad SMARTS) is 1. The molecule has 27 heavy (non-hydrogen) atoms. The molecule has 0 aliphatic rings. The summed E-state index contributed by atoms with van der Waals surface area (Å²) in [5, 5.41) is 10.9. The Morgan fingerprint density at radius 3 is 2.56 bits per heavy atom. The van der Waals surface area contributed by atoms with E-state index >= 15 is 0 Å². The average Bonchev–Trinajstić information content (AvgIpc) is 3.03. The molecule has 4 rings (SSSR count). The van der Waals surface area contributed by atoms with Crippen molar-refractivity contribution in [1.82, 2.24) is 9.55 Å². The van der Waals surface area contributed by atoms with Gasteiger partial charge in [-0.25, -0.2) is 4.79 Å². The van der Waals surface area contributed by atoms with Crippen LogP contribution in [0.4, 0.5) is 0 Å². The number of benzene rings is 2. The summed E-state index contributed by atoms with van der Waals surface area (Å²) >= 11 is 0. The standard InChI is InChI=1S/C22H18N2O3/c1-27-19-11-12-23-13-17(19)20-16-9-5-6-10-18(16)24(21(20)22(25)26)14-15-7-3-2-4-8-15/h2-13H,14H2,1H3,(H,25,26). The highest BCUT2D eigenvalue weighted by Gasteiger charge is 2.25. The molecular formula is C22H18N2O3. The second kappa shape index (κ2) is 6.96. The molecule has 2 aromatic heterocycles. The van der Waals surface area contributed by atoms with Gasteiger partial charge in [0.2, 0.25) is 0 Å². The molecule has 0 saturated carbocycles. The van der Waals surface area contributed by atoms with Gasteiger partial charge in [-0.2, -0.15) is 0 Å². The second-order valence-corrected chi connectivity index (χ2v) is 6.19. The predicted molar refractivity (Wildman–Crippen MR) is 104 cm³/mol. The van der Waals surface area contributed by atoms with Crippen molar-refractivity contribution in [3.63, 3.8) is 0 Å². The fourth-order valence-corrected chi connectivity index (χ4v) is 3.48. The van der Waals surface area contributed by atoms with Crippen molar-refractivity contribution in [2.24, 2.45) is 0 Å². The zero-order valence-electron chi connectivity index (χ0n) is 14.8. The third-order valence-electron chi connectivity index (χ3n) is 4.63. The molecule has 134 valence electrons. The predicted octanol–water partition coefficient (Wildman–Crippen LogP) is 4.46. The number of hydrogen-bond donors (Lipinski definition) is 1. The van der Waals surface area contributed by atoms with Crippen molar-refractivity contribution in [3.8, 4) is 16.9 Å². The van der Waals surface area contributed by atoms with E-state index in [0.29, 0.717) is 23.4 Å². The fourth-order valence-electron chi connectivity index (χ4n) is 3.48. The number of aromatic nitrogens is 2. The first kappa shape index (κ1) is 16.8. The third-order valence-corrected chi connectivity index (χ3v) is 4.63. The van der Waals surface area contributed by atoms with Crippen LogP contribution in [-0.4, -0.2) is 27.7 Å². The van der Waals surface area contributed by atoms with Crippen LogP contribution in [0.2, 0.25) is 0 Å². The number of carbonyl (C=O) groups is 1. The van der Waals surface area contributed by atoms with Gasteiger partial charge in [0.05, 0.1) is 7.11 Å². The molecule has 0 atom stereocenters. The maximum atomic E-state index is 12.3. The molecule has 2 aromatic carbocycles. The van der Waals surface area contributed by atoms with E-state index in [-0.39, 0.29) is 5.69 Å². The van der Waals surface area contributed by atoms with Gasteiger partial charge in [0.25, 0.3) is 0 Å². The van der Waals surface area contributed by atoms with Gasteiger partial charge in [-0.3, -0.25) is 4.98 Å². The molecule has 0 radical (unpaired) electrons. The van der Waals surface area contributed by atoms with Gasteiger partial charge in [-0.15, -0.1) is 0 Å². The number of para-hydroxylation sites is 1. The first-order valence-corrected chi connectivity index (χ1v) is 8.57. The highest BCUT2D eigenvalue weighted by molar-refractivity contribution is 6.09. The fraction of sp³-hybridized carbons (Fsp3) is 0.0909. The van der Waals surface area contributed by atoms with Gasteiger partial charge in [0, 0.05) is 41.0 Å². The van der Waals surface area contributed by atoms with Gasteiger partial charge >= 0.3 is 5.97 Å². The topological polar surface area (TPSA) is 64.3 Å². The van der Waals surface area contributed by atoms with Crippen LogP contribution in [-0.2, 0) is 6.54 Å². The van der Waals surface area contributed by atoms with Crippen LogP contribution < -0.4 is 4.74 Å². The van der Waals surface area contributed by atoms with Crippen molar-refractivity contribution in [3.05, 3.63) is 84.3 Å². The summed E-state index contributed by atoms with van der Waals surface area (Å²) in [4.78, 5) is 16.5. The maximum Gasteiger partial charge on any atom is 0.353 e. The zero-order chi connectivity index (χ0) is 18.8. The number of ether oxygens (including phenoxy) is 1. The van der Waals surface area contributed by atoms with Crippen molar-refractivity contribution < 1.29 is 14.6 Å². The Balaban J connectivity index is 2.04. The Morgan fingerprint density at radius 1 is 1.07 bits per heavy atom. The van der Waals surface area contributed by atoms with Crippen LogP contribution in [0.3, 0.4) is 0 Å². The van der Waals surface area contributed by atoms with E-state index in [4.69, 9.17) is 4.74 Å². The molecule has 0 fully saturated rings. The molecule has 5 heteroatoms. The summed E-state index contributed by atoms with van der Waals surface area (Å²) < 4.78 is 7.31. The molecule has 0 spiro atoms. The van der Waals surface area contributed by atoms with Gasteiger partial charge in [0.15, 0.2) is 0 Å². The first-order valence-electron chi connectivity index (χ1n) is 8.57. The van der Waals surface area contributed by atoms with Crippen molar-refractivity contribution in [2.75, 3.05) is 7.11 Å². The number of methoxy groups -OCH3 is 1. The molecule has 0 aliphatic carbocycles. The Labute approximate surface area is 156 Å². The first-order chi connectivity index (χ1) is 13.2. The lowest BCUT2D eigenvalue weighted by Crippen LogP contribution is -2.10. The number of aromatic carboxylic acids is 1. The van der Waals surface area contributed by atoms with Crippen molar-refractivity contribution in [1.29, 1.82) is 0 Å². The van der Waals surface area contributed by atoms with Crippen LogP contribution >= 0.6 is 0 Å². The largest absolute Gasteiger partial charge is 0.496 e.